The van der Waals surface area contributed by atoms with Gasteiger partial charge in [0.2, 0.25) is 5.88 Å². The number of aromatic hydroxyl groups is 1. The molecule has 2 heterocycles. The summed E-state index contributed by atoms with van der Waals surface area (Å²) in [5.41, 5.74) is 0.264. The summed E-state index contributed by atoms with van der Waals surface area (Å²) in [7, 11) is 1.44. The Kier molecular flexibility index (Phi) is 16.0. The van der Waals surface area contributed by atoms with Gasteiger partial charge in [-0.15, -0.1) is 0 Å². The Morgan fingerprint density at radius 1 is 0.980 bits per heavy atom. The lowest BCUT2D eigenvalue weighted by Gasteiger charge is -2.30. The van der Waals surface area contributed by atoms with Crippen LogP contribution in [-0.4, -0.2) is 40.8 Å². The fraction of sp³-hybridized carbons (Fsp3) is 0.571. The van der Waals surface area contributed by atoms with Crippen LogP contribution in [0.2, 0.25) is 0 Å². The standard InChI is InChI=1S/C42H61N5O3S/c1-10-15-21-30(13-4)28-46(29-31(14-5)22-16-11-2)41-44-37(42(6,7)8)36(51-41)26-34-33(25-17-12-3)35(27-43)40(50)47(39(34)49)45(9)38(48)32-23-19-18-20-24-32/h18-20,23-26,30-31,50H,10-17,21-22,28-29H2,1-9H3/b33-25-,34-26-. The maximum Gasteiger partial charge on any atom is 0.280 e. The van der Waals surface area contributed by atoms with Crippen LogP contribution in [-0.2, 0) is 5.41 Å². The third kappa shape index (κ3) is 10.6. The number of hydrogen-bond acceptors (Lipinski definition) is 7. The van der Waals surface area contributed by atoms with Crippen molar-refractivity contribution < 1.29 is 9.90 Å². The molecule has 9 heteroatoms. The smallest absolute Gasteiger partial charge is 0.280 e. The van der Waals surface area contributed by atoms with E-state index in [0.29, 0.717) is 29.0 Å². The van der Waals surface area contributed by atoms with Gasteiger partial charge >= 0.3 is 0 Å². The number of aromatic nitrogens is 2. The van der Waals surface area contributed by atoms with Crippen molar-refractivity contribution >= 4 is 34.5 Å². The van der Waals surface area contributed by atoms with E-state index in [9.17, 15) is 20.0 Å². The SMILES string of the molecule is CCC/C=c1\c(C#N)c(O)n(N(C)C(=O)c2ccccc2)c(=O)\c1=C/c1sc(N(CC(CC)CCCC)CC(CC)CCCC)nc1C(C)(C)C. The first-order chi connectivity index (χ1) is 24.4. The van der Waals surface area contributed by atoms with Crippen LogP contribution >= 0.6 is 11.3 Å². The molecule has 51 heavy (non-hydrogen) atoms. The first-order valence-corrected chi connectivity index (χ1v) is 19.9. The maximum absolute atomic E-state index is 14.5. The van der Waals surface area contributed by atoms with Crippen molar-refractivity contribution in [3.05, 3.63) is 72.8 Å². The van der Waals surface area contributed by atoms with E-state index in [-0.39, 0.29) is 16.2 Å². The number of thiazole rings is 1. The van der Waals surface area contributed by atoms with Crippen molar-refractivity contribution in [2.75, 3.05) is 30.0 Å². The number of pyridine rings is 1. The van der Waals surface area contributed by atoms with Crippen LogP contribution in [0.25, 0.3) is 12.2 Å². The molecule has 0 fully saturated rings. The third-order valence-corrected chi connectivity index (χ3v) is 10.8. The predicted molar refractivity (Wildman–Crippen MR) is 214 cm³/mol. The summed E-state index contributed by atoms with van der Waals surface area (Å²) in [5, 5.41) is 24.4. The van der Waals surface area contributed by atoms with E-state index >= 15 is 0 Å². The minimum atomic E-state index is -0.580. The molecule has 0 aliphatic heterocycles. The molecule has 278 valence electrons. The Morgan fingerprint density at radius 3 is 2.06 bits per heavy atom. The Balaban J connectivity index is 2.37. The summed E-state index contributed by atoms with van der Waals surface area (Å²) in [6, 6.07) is 10.7. The van der Waals surface area contributed by atoms with Gasteiger partial charge in [-0.1, -0.05) is 136 Å². The number of hydrogen-bond donors (Lipinski definition) is 1. The number of carbonyl (C=O) groups is 1. The molecule has 3 aromatic rings. The number of anilines is 1. The third-order valence-electron chi connectivity index (χ3n) is 9.71. The molecule has 2 atom stereocenters. The van der Waals surface area contributed by atoms with Gasteiger partial charge in [-0.2, -0.15) is 9.94 Å². The number of amides is 1. The normalized spacial score (nSPS) is 13.6. The van der Waals surface area contributed by atoms with Crippen molar-refractivity contribution in [3.8, 4) is 11.9 Å². The highest BCUT2D eigenvalue weighted by molar-refractivity contribution is 7.16. The molecule has 8 nitrogen and oxygen atoms in total. The molecular weight excluding hydrogens is 655 g/mol. The van der Waals surface area contributed by atoms with Crippen molar-refractivity contribution in [1.82, 2.24) is 9.66 Å². The molecule has 0 aliphatic rings. The van der Waals surface area contributed by atoms with E-state index in [4.69, 9.17) is 4.98 Å². The van der Waals surface area contributed by atoms with Gasteiger partial charge in [0.25, 0.3) is 11.5 Å². The van der Waals surface area contributed by atoms with Gasteiger partial charge in [-0.05, 0) is 49.3 Å². The minimum absolute atomic E-state index is 0.0471. The summed E-state index contributed by atoms with van der Waals surface area (Å²) in [4.78, 5) is 36.7. The zero-order valence-corrected chi connectivity index (χ0v) is 33.4. The molecule has 2 aromatic heterocycles. The lowest BCUT2D eigenvalue weighted by atomic mass is 9.91. The van der Waals surface area contributed by atoms with Crippen LogP contribution < -0.4 is 25.9 Å². The maximum atomic E-state index is 14.5. The first kappa shape index (κ1) is 41.5. The molecule has 1 N–H and O–H groups in total. The molecule has 0 radical (unpaired) electrons. The zero-order valence-electron chi connectivity index (χ0n) is 32.6. The Hall–Kier alpha value is -3.90. The van der Waals surface area contributed by atoms with Crippen molar-refractivity contribution in [3.63, 3.8) is 0 Å². The molecular formula is C42H61N5O3S. The molecule has 0 aliphatic carbocycles. The van der Waals surface area contributed by atoms with Gasteiger partial charge in [0.05, 0.1) is 15.8 Å². The summed E-state index contributed by atoms with van der Waals surface area (Å²) >= 11 is 1.59. The summed E-state index contributed by atoms with van der Waals surface area (Å²) in [6.45, 7) is 19.3. The Morgan fingerprint density at radius 2 is 1.57 bits per heavy atom. The second-order valence-corrected chi connectivity index (χ2v) is 15.8. The fourth-order valence-electron chi connectivity index (χ4n) is 6.48. The van der Waals surface area contributed by atoms with Gasteiger partial charge in [0, 0.05) is 36.3 Å². The fourth-order valence-corrected chi connectivity index (χ4v) is 7.72. The second-order valence-electron chi connectivity index (χ2n) is 14.8. The van der Waals surface area contributed by atoms with Crippen LogP contribution in [0, 0.1) is 23.2 Å². The van der Waals surface area contributed by atoms with Crippen LogP contribution in [0.15, 0.2) is 35.1 Å². The summed E-state index contributed by atoms with van der Waals surface area (Å²) in [5.74, 6) is 0.0645. The van der Waals surface area contributed by atoms with Crippen molar-refractivity contribution in [2.24, 2.45) is 11.8 Å². The molecule has 0 saturated carbocycles. The van der Waals surface area contributed by atoms with Crippen LogP contribution in [0.3, 0.4) is 0 Å². The highest BCUT2D eigenvalue weighted by atomic mass is 32.1. The number of rotatable bonds is 18. The average Bonchev–Trinajstić information content (AvgIpc) is 3.56. The van der Waals surface area contributed by atoms with Gasteiger partial charge in [0.15, 0.2) is 5.13 Å². The van der Waals surface area contributed by atoms with E-state index in [0.717, 1.165) is 57.7 Å². The molecule has 1 amide bonds. The number of unbranched alkanes of at least 4 members (excludes halogenated alkanes) is 3. The van der Waals surface area contributed by atoms with Gasteiger partial charge in [-0.25, -0.2) is 9.99 Å². The molecule has 2 unspecified atom stereocenters. The Labute approximate surface area is 310 Å². The molecule has 0 spiro atoms. The van der Waals surface area contributed by atoms with Crippen LogP contribution in [0.1, 0.15) is 146 Å². The number of benzene rings is 1. The summed E-state index contributed by atoms with van der Waals surface area (Å²) in [6.07, 6.45) is 14.4. The average molecular weight is 716 g/mol. The monoisotopic (exact) mass is 715 g/mol. The van der Waals surface area contributed by atoms with E-state index in [1.54, 1.807) is 41.7 Å². The number of nitrogens with zero attached hydrogens (tertiary/aromatic N) is 5. The highest BCUT2D eigenvalue weighted by Crippen LogP contribution is 2.36. The van der Waals surface area contributed by atoms with E-state index in [2.05, 4.69) is 59.4 Å². The Bertz CT molecular complexity index is 1780. The van der Waals surface area contributed by atoms with E-state index in [1.165, 1.54) is 45.6 Å². The molecule has 0 saturated heterocycles. The highest BCUT2D eigenvalue weighted by Gasteiger charge is 2.28. The molecule has 0 bridgehead atoms. The van der Waals surface area contributed by atoms with E-state index in [1.807, 2.05) is 19.1 Å². The minimum Gasteiger partial charge on any atom is -0.492 e. The quantitative estimate of drug-likeness (QED) is 0.142. The van der Waals surface area contributed by atoms with E-state index < -0.39 is 17.3 Å². The zero-order chi connectivity index (χ0) is 37.7. The predicted octanol–water partition coefficient (Wildman–Crippen LogP) is 8.24. The lowest BCUT2D eigenvalue weighted by molar-refractivity contribution is 0.0961. The number of carbonyl (C=O) groups excluding carboxylic acids is 1. The van der Waals surface area contributed by atoms with Crippen LogP contribution in [0.5, 0.6) is 5.88 Å². The second kappa shape index (κ2) is 19.6. The largest absolute Gasteiger partial charge is 0.492 e. The number of nitriles is 1. The van der Waals surface area contributed by atoms with Gasteiger partial charge < -0.3 is 10.0 Å². The topological polar surface area (TPSA) is 102 Å². The summed E-state index contributed by atoms with van der Waals surface area (Å²) < 4.78 is 0.924. The lowest BCUT2D eigenvalue weighted by Crippen LogP contribution is -2.53. The molecule has 1 aromatic carbocycles. The van der Waals surface area contributed by atoms with Crippen LogP contribution in [0.4, 0.5) is 5.13 Å². The van der Waals surface area contributed by atoms with Gasteiger partial charge in [0.1, 0.15) is 11.6 Å². The van der Waals surface area contributed by atoms with Crippen molar-refractivity contribution in [1.29, 1.82) is 5.26 Å². The van der Waals surface area contributed by atoms with Gasteiger partial charge in [-0.3, -0.25) is 9.59 Å². The first-order valence-electron chi connectivity index (χ1n) is 19.1. The van der Waals surface area contributed by atoms with Crippen molar-refractivity contribution in [2.45, 2.75) is 125 Å². The molecule has 3 rings (SSSR count).